The van der Waals surface area contributed by atoms with Crippen LogP contribution in [0.2, 0.25) is 0 Å². The third-order valence-electron chi connectivity index (χ3n) is 5.16. The lowest BCUT2D eigenvalue weighted by atomic mass is 9.93. The quantitative estimate of drug-likeness (QED) is 0.843. The fourth-order valence-electron chi connectivity index (χ4n) is 3.65. The number of methoxy groups -OCH3 is 1. The average Bonchev–Trinajstić information content (AvgIpc) is 2.70. The molecule has 1 N–H and O–H groups in total. The molecule has 1 fully saturated rings. The first-order valence-electron chi connectivity index (χ1n) is 9.45. The minimum atomic E-state index is -0.0286. The van der Waals surface area contributed by atoms with Crippen LogP contribution in [-0.4, -0.2) is 37.0 Å². The smallest absolute Gasteiger partial charge is 0.230 e. The van der Waals surface area contributed by atoms with Gasteiger partial charge in [0, 0.05) is 30.9 Å². The number of anilines is 1. The van der Waals surface area contributed by atoms with Gasteiger partial charge in [-0.15, -0.1) is 0 Å². The Morgan fingerprint density at radius 2 is 1.88 bits per heavy atom. The number of piperidine rings is 1. The summed E-state index contributed by atoms with van der Waals surface area (Å²) in [5.41, 5.74) is 2.20. The Hall–Kier alpha value is -2.49. The third-order valence-corrected chi connectivity index (χ3v) is 5.16. The monoisotopic (exact) mass is 352 g/mol. The van der Waals surface area contributed by atoms with Crippen LogP contribution in [0.4, 0.5) is 5.69 Å². The zero-order valence-electron chi connectivity index (χ0n) is 15.7. The highest BCUT2D eigenvalue weighted by Crippen LogP contribution is 2.25. The van der Waals surface area contributed by atoms with E-state index < -0.39 is 0 Å². The van der Waals surface area contributed by atoms with Gasteiger partial charge < -0.3 is 15.0 Å². The number of ether oxygens (including phenoxy) is 1. The van der Waals surface area contributed by atoms with Gasteiger partial charge in [0.25, 0.3) is 0 Å². The summed E-state index contributed by atoms with van der Waals surface area (Å²) in [4.78, 5) is 15.0. The molecule has 1 unspecified atom stereocenters. The summed E-state index contributed by atoms with van der Waals surface area (Å²) in [5, 5.41) is 3.57. The van der Waals surface area contributed by atoms with E-state index in [0.29, 0.717) is 6.04 Å². The molecule has 4 nitrogen and oxygen atoms in total. The molecule has 3 rings (SSSR count). The van der Waals surface area contributed by atoms with Crippen molar-refractivity contribution in [3.8, 4) is 5.75 Å². The molecule has 0 saturated carbocycles. The van der Waals surface area contributed by atoms with E-state index in [-0.39, 0.29) is 11.8 Å². The van der Waals surface area contributed by atoms with Gasteiger partial charge in [0.15, 0.2) is 0 Å². The van der Waals surface area contributed by atoms with E-state index >= 15 is 0 Å². The Kier molecular flexibility index (Phi) is 6.16. The number of amides is 1. The van der Waals surface area contributed by atoms with Crippen molar-refractivity contribution in [2.24, 2.45) is 0 Å². The van der Waals surface area contributed by atoms with Gasteiger partial charge in [-0.25, -0.2) is 0 Å². The largest absolute Gasteiger partial charge is 0.497 e. The second-order valence-electron chi connectivity index (χ2n) is 6.85. The second kappa shape index (κ2) is 8.75. The molecule has 1 aliphatic heterocycles. The Morgan fingerprint density at radius 1 is 1.15 bits per heavy atom. The first-order valence-corrected chi connectivity index (χ1v) is 9.45. The summed E-state index contributed by atoms with van der Waals surface area (Å²) in [6, 6.07) is 18.5. The Labute approximate surface area is 156 Å². The Balaban J connectivity index is 1.56. The molecular weight excluding hydrogens is 324 g/mol. The fourth-order valence-corrected chi connectivity index (χ4v) is 3.65. The van der Waals surface area contributed by atoms with Crippen LogP contribution in [0.3, 0.4) is 0 Å². The van der Waals surface area contributed by atoms with Crippen LogP contribution >= 0.6 is 0 Å². The summed E-state index contributed by atoms with van der Waals surface area (Å²) in [7, 11) is 1.68. The summed E-state index contributed by atoms with van der Waals surface area (Å²) >= 11 is 0. The van der Waals surface area contributed by atoms with Gasteiger partial charge in [0.05, 0.1) is 13.0 Å². The maximum absolute atomic E-state index is 13.0. The summed E-state index contributed by atoms with van der Waals surface area (Å²) in [5.74, 6) is 1.09. The molecule has 26 heavy (non-hydrogen) atoms. The van der Waals surface area contributed by atoms with Crippen molar-refractivity contribution < 1.29 is 9.53 Å². The molecule has 4 heteroatoms. The molecule has 0 aromatic heterocycles. The van der Waals surface area contributed by atoms with Gasteiger partial charge in [0.2, 0.25) is 5.91 Å². The van der Waals surface area contributed by atoms with Crippen molar-refractivity contribution in [1.29, 1.82) is 0 Å². The van der Waals surface area contributed by atoms with Crippen molar-refractivity contribution in [2.45, 2.75) is 38.1 Å². The van der Waals surface area contributed by atoms with E-state index in [1.54, 1.807) is 7.11 Å². The molecule has 2 aromatic rings. The number of hydrogen-bond acceptors (Lipinski definition) is 3. The lowest BCUT2D eigenvalue weighted by Gasteiger charge is -2.35. The number of nitrogens with one attached hydrogen (secondary N) is 1. The normalized spacial score (nSPS) is 16.2. The van der Waals surface area contributed by atoms with Gasteiger partial charge in [0.1, 0.15) is 5.75 Å². The summed E-state index contributed by atoms with van der Waals surface area (Å²) in [6.45, 7) is 3.71. The van der Waals surface area contributed by atoms with Crippen LogP contribution in [0.15, 0.2) is 54.6 Å². The maximum atomic E-state index is 13.0. The zero-order chi connectivity index (χ0) is 18.4. The Morgan fingerprint density at radius 3 is 2.54 bits per heavy atom. The van der Waals surface area contributed by atoms with E-state index in [9.17, 15) is 4.79 Å². The molecule has 1 aliphatic rings. The first-order chi connectivity index (χ1) is 12.7. The second-order valence-corrected chi connectivity index (χ2v) is 6.85. The molecule has 0 radical (unpaired) electrons. The van der Waals surface area contributed by atoms with Crippen LogP contribution in [0.25, 0.3) is 0 Å². The lowest BCUT2D eigenvalue weighted by molar-refractivity contribution is -0.133. The van der Waals surface area contributed by atoms with Crippen molar-refractivity contribution in [2.75, 3.05) is 25.5 Å². The fraction of sp³-hybridized carbons (Fsp3) is 0.409. The molecule has 138 valence electrons. The molecule has 0 bridgehead atoms. The van der Waals surface area contributed by atoms with Gasteiger partial charge in [-0.3, -0.25) is 4.79 Å². The predicted molar refractivity (Wildman–Crippen MR) is 106 cm³/mol. The van der Waals surface area contributed by atoms with Gasteiger partial charge in [-0.1, -0.05) is 43.3 Å². The molecule has 0 aliphatic carbocycles. The number of carbonyl (C=O) groups is 1. The predicted octanol–water partition coefficient (Wildman–Crippen LogP) is 4.29. The van der Waals surface area contributed by atoms with Crippen LogP contribution < -0.4 is 10.1 Å². The summed E-state index contributed by atoms with van der Waals surface area (Å²) in [6.07, 6.45) is 2.77. The third kappa shape index (κ3) is 4.37. The maximum Gasteiger partial charge on any atom is 0.230 e. The number of benzene rings is 2. The van der Waals surface area contributed by atoms with Gasteiger partial charge in [-0.05, 0) is 37.0 Å². The highest BCUT2D eigenvalue weighted by atomic mass is 16.5. The molecule has 1 heterocycles. The zero-order valence-corrected chi connectivity index (χ0v) is 15.7. The van der Waals surface area contributed by atoms with Crippen LogP contribution in [0, 0.1) is 0 Å². The first kappa shape index (κ1) is 18.3. The number of hydrogen-bond donors (Lipinski definition) is 1. The highest BCUT2D eigenvalue weighted by molar-refractivity contribution is 5.83. The SMILES string of the molecule is CCC(C(=O)N1CCC(Nc2cccc(OC)c2)CC1)c1ccccc1. The standard InChI is InChI=1S/C22H28N2O2/c1-3-21(17-8-5-4-6-9-17)22(25)24-14-12-18(13-15-24)23-19-10-7-11-20(16-19)26-2/h4-11,16,18,21,23H,3,12-15H2,1-2H3. The van der Waals surface area contributed by atoms with Gasteiger partial charge >= 0.3 is 0 Å². The topological polar surface area (TPSA) is 41.6 Å². The summed E-state index contributed by atoms with van der Waals surface area (Å²) < 4.78 is 5.28. The molecular formula is C22H28N2O2. The molecule has 2 aromatic carbocycles. The number of rotatable bonds is 6. The van der Waals surface area contributed by atoms with E-state index in [2.05, 4.69) is 30.4 Å². The van der Waals surface area contributed by atoms with Crippen LogP contribution in [0.5, 0.6) is 5.75 Å². The van der Waals surface area contributed by atoms with Crippen molar-refractivity contribution in [1.82, 2.24) is 4.90 Å². The van der Waals surface area contributed by atoms with Crippen LogP contribution in [0.1, 0.15) is 37.7 Å². The van der Waals surface area contributed by atoms with E-state index in [1.165, 1.54) is 0 Å². The van der Waals surface area contributed by atoms with Crippen molar-refractivity contribution in [3.05, 3.63) is 60.2 Å². The molecule has 1 saturated heterocycles. The average molecular weight is 352 g/mol. The van der Waals surface area contributed by atoms with E-state index in [4.69, 9.17) is 4.74 Å². The van der Waals surface area contributed by atoms with Crippen molar-refractivity contribution in [3.63, 3.8) is 0 Å². The van der Waals surface area contributed by atoms with Gasteiger partial charge in [-0.2, -0.15) is 0 Å². The Bertz CT molecular complexity index is 709. The van der Waals surface area contributed by atoms with E-state index in [1.807, 2.05) is 41.3 Å². The highest BCUT2D eigenvalue weighted by Gasteiger charge is 2.28. The number of nitrogens with zero attached hydrogens (tertiary/aromatic N) is 1. The minimum absolute atomic E-state index is 0.0286. The number of likely N-dealkylation sites (tertiary alicyclic amines) is 1. The molecule has 1 amide bonds. The lowest BCUT2D eigenvalue weighted by Crippen LogP contribution is -2.44. The molecule has 1 atom stereocenters. The van der Waals surface area contributed by atoms with E-state index in [0.717, 1.165) is 49.4 Å². The van der Waals surface area contributed by atoms with Crippen molar-refractivity contribution >= 4 is 11.6 Å². The number of carbonyl (C=O) groups excluding carboxylic acids is 1. The van der Waals surface area contributed by atoms with Crippen LogP contribution in [-0.2, 0) is 4.79 Å². The molecule has 0 spiro atoms. The minimum Gasteiger partial charge on any atom is -0.497 e.